The van der Waals surface area contributed by atoms with Gasteiger partial charge >= 0.3 is 0 Å². The van der Waals surface area contributed by atoms with Crippen LogP contribution in [0.3, 0.4) is 0 Å². The van der Waals surface area contributed by atoms with E-state index in [-0.39, 0.29) is 11.9 Å². The highest BCUT2D eigenvalue weighted by atomic mass is 16.2. The lowest BCUT2D eigenvalue weighted by molar-refractivity contribution is 0.0740. The first-order valence-corrected chi connectivity index (χ1v) is 8.30. The molecule has 1 unspecified atom stereocenters. The average molecular weight is 311 g/mol. The summed E-state index contributed by atoms with van der Waals surface area (Å²) in [5.41, 5.74) is 11.1. The lowest BCUT2D eigenvalue weighted by Crippen LogP contribution is -2.40. The third kappa shape index (κ3) is 2.68. The molecular weight excluding hydrogens is 286 g/mol. The van der Waals surface area contributed by atoms with E-state index in [2.05, 4.69) is 30.5 Å². The predicted molar refractivity (Wildman–Crippen MR) is 93.1 cm³/mol. The first-order chi connectivity index (χ1) is 11.0. The van der Waals surface area contributed by atoms with E-state index in [1.54, 1.807) is 0 Å². The van der Waals surface area contributed by atoms with Gasteiger partial charge in [-0.15, -0.1) is 0 Å². The number of aryl methyl sites for hydroxylation is 2. The zero-order chi connectivity index (χ0) is 16.6. The minimum absolute atomic E-state index is 0.117. The minimum atomic E-state index is 0.117. The lowest BCUT2D eigenvalue weighted by atomic mass is 10.1. The smallest absolute Gasteiger partial charge is 0.255 e. The van der Waals surface area contributed by atoms with Gasteiger partial charge in [0, 0.05) is 36.2 Å². The maximum Gasteiger partial charge on any atom is 0.255 e. The number of aromatic nitrogens is 1. The molecule has 122 valence electrons. The molecule has 0 bridgehead atoms. The van der Waals surface area contributed by atoms with E-state index in [1.165, 1.54) is 5.56 Å². The second-order valence-corrected chi connectivity index (χ2v) is 6.44. The molecular formula is C19H25N3O. The number of para-hydroxylation sites is 1. The van der Waals surface area contributed by atoms with E-state index in [0.29, 0.717) is 6.54 Å². The van der Waals surface area contributed by atoms with Gasteiger partial charge in [0.25, 0.3) is 5.91 Å². The van der Waals surface area contributed by atoms with Crippen molar-refractivity contribution in [2.75, 3.05) is 13.1 Å². The van der Waals surface area contributed by atoms with Crippen molar-refractivity contribution in [3.63, 3.8) is 0 Å². The first kappa shape index (κ1) is 15.8. The molecule has 2 N–H and O–H groups in total. The number of carbonyl (C=O) groups excluding carboxylic acids is 1. The van der Waals surface area contributed by atoms with Gasteiger partial charge in [-0.1, -0.05) is 18.2 Å². The Morgan fingerprint density at radius 2 is 2.00 bits per heavy atom. The van der Waals surface area contributed by atoms with Crippen molar-refractivity contribution in [3.05, 3.63) is 52.8 Å². The molecule has 23 heavy (non-hydrogen) atoms. The van der Waals surface area contributed by atoms with Crippen LogP contribution in [0, 0.1) is 20.8 Å². The fourth-order valence-electron chi connectivity index (χ4n) is 3.67. The Bertz CT molecular complexity index is 732. The summed E-state index contributed by atoms with van der Waals surface area (Å²) in [6.45, 7) is 7.54. The molecule has 0 radical (unpaired) electrons. The molecule has 3 rings (SSSR count). The Kier molecular flexibility index (Phi) is 4.26. The maximum absolute atomic E-state index is 13.0. The summed E-state index contributed by atoms with van der Waals surface area (Å²) in [7, 11) is 0. The van der Waals surface area contributed by atoms with Crippen molar-refractivity contribution < 1.29 is 4.79 Å². The molecule has 2 aromatic rings. The Balaban J connectivity index is 2.01. The van der Waals surface area contributed by atoms with Crippen LogP contribution < -0.4 is 5.73 Å². The Morgan fingerprint density at radius 1 is 1.26 bits per heavy atom. The van der Waals surface area contributed by atoms with Crippen LogP contribution in [0.5, 0.6) is 0 Å². The van der Waals surface area contributed by atoms with Gasteiger partial charge in [-0.25, -0.2) is 0 Å². The number of amides is 1. The standard InChI is InChI=1S/C19H25N3O/c1-13-7-4-5-9-18(13)22-14(2)11-17(15(22)3)19(23)21-10-6-8-16(21)12-20/h4-5,7,9,11,16H,6,8,10,12,20H2,1-3H3. The van der Waals surface area contributed by atoms with Gasteiger partial charge in [0.15, 0.2) is 0 Å². The van der Waals surface area contributed by atoms with Crippen LogP contribution in [0.2, 0.25) is 0 Å². The normalized spacial score (nSPS) is 17.7. The summed E-state index contributed by atoms with van der Waals surface area (Å²) in [5.74, 6) is 0.117. The van der Waals surface area contributed by atoms with Crippen LogP contribution in [0.4, 0.5) is 0 Å². The first-order valence-electron chi connectivity index (χ1n) is 8.30. The van der Waals surface area contributed by atoms with E-state index in [4.69, 9.17) is 5.73 Å². The third-order valence-electron chi connectivity index (χ3n) is 4.93. The van der Waals surface area contributed by atoms with Gasteiger partial charge < -0.3 is 15.2 Å². The number of benzene rings is 1. The molecule has 0 saturated carbocycles. The fraction of sp³-hybridized carbons (Fsp3) is 0.421. The van der Waals surface area contributed by atoms with Gasteiger partial charge in [0.05, 0.1) is 5.56 Å². The molecule has 1 atom stereocenters. The van der Waals surface area contributed by atoms with Crippen molar-refractivity contribution in [2.45, 2.75) is 39.7 Å². The molecule has 4 heteroatoms. The summed E-state index contributed by atoms with van der Waals surface area (Å²) < 4.78 is 2.18. The van der Waals surface area contributed by atoms with Crippen LogP contribution in [0.1, 0.15) is 40.2 Å². The molecule has 1 aliphatic heterocycles. The zero-order valence-electron chi connectivity index (χ0n) is 14.2. The average Bonchev–Trinajstić information content (AvgIpc) is 3.12. The highest BCUT2D eigenvalue weighted by Gasteiger charge is 2.30. The molecule has 0 aliphatic carbocycles. The molecule has 1 aromatic heterocycles. The maximum atomic E-state index is 13.0. The zero-order valence-corrected chi connectivity index (χ0v) is 14.2. The minimum Gasteiger partial charge on any atom is -0.334 e. The monoisotopic (exact) mass is 311 g/mol. The fourth-order valence-corrected chi connectivity index (χ4v) is 3.67. The summed E-state index contributed by atoms with van der Waals surface area (Å²) in [4.78, 5) is 14.9. The summed E-state index contributed by atoms with van der Waals surface area (Å²) in [6, 6.07) is 10.5. The molecule has 1 aromatic carbocycles. The molecule has 1 aliphatic rings. The van der Waals surface area contributed by atoms with E-state index in [0.717, 1.165) is 42.0 Å². The van der Waals surface area contributed by atoms with Crippen molar-refractivity contribution in [1.82, 2.24) is 9.47 Å². The van der Waals surface area contributed by atoms with Crippen molar-refractivity contribution in [2.24, 2.45) is 5.73 Å². The number of carbonyl (C=O) groups is 1. The summed E-state index contributed by atoms with van der Waals surface area (Å²) in [6.07, 6.45) is 2.06. The van der Waals surface area contributed by atoms with E-state index >= 15 is 0 Å². The van der Waals surface area contributed by atoms with Gasteiger partial charge in [-0.3, -0.25) is 4.79 Å². The van der Waals surface area contributed by atoms with Crippen LogP contribution in [0.15, 0.2) is 30.3 Å². The predicted octanol–water partition coefficient (Wildman–Crippen LogP) is 2.97. The van der Waals surface area contributed by atoms with Gasteiger partial charge in [-0.2, -0.15) is 0 Å². The Hall–Kier alpha value is -2.07. The SMILES string of the molecule is Cc1ccccc1-n1c(C)cc(C(=O)N2CCCC2CN)c1C. The third-order valence-corrected chi connectivity index (χ3v) is 4.93. The lowest BCUT2D eigenvalue weighted by Gasteiger charge is -2.23. The van der Waals surface area contributed by atoms with E-state index in [1.807, 2.05) is 30.0 Å². The Morgan fingerprint density at radius 3 is 2.70 bits per heavy atom. The molecule has 2 heterocycles. The second kappa shape index (κ2) is 6.20. The number of hydrogen-bond donors (Lipinski definition) is 1. The highest BCUT2D eigenvalue weighted by Crippen LogP contribution is 2.26. The number of nitrogens with two attached hydrogens (primary N) is 1. The molecule has 0 spiro atoms. The van der Waals surface area contributed by atoms with Crippen LogP contribution in [-0.2, 0) is 0 Å². The molecule has 1 fully saturated rings. The van der Waals surface area contributed by atoms with Gasteiger partial charge in [0.2, 0.25) is 0 Å². The van der Waals surface area contributed by atoms with Crippen LogP contribution in [-0.4, -0.2) is 34.5 Å². The molecule has 1 saturated heterocycles. The van der Waals surface area contributed by atoms with Crippen molar-refractivity contribution in [3.8, 4) is 5.69 Å². The number of rotatable bonds is 3. The van der Waals surface area contributed by atoms with Crippen LogP contribution in [0.25, 0.3) is 5.69 Å². The van der Waals surface area contributed by atoms with Gasteiger partial charge in [-0.05, 0) is 51.3 Å². The summed E-state index contributed by atoms with van der Waals surface area (Å²) in [5, 5.41) is 0. The number of hydrogen-bond acceptors (Lipinski definition) is 2. The molecule has 1 amide bonds. The number of likely N-dealkylation sites (tertiary alicyclic amines) is 1. The summed E-state index contributed by atoms with van der Waals surface area (Å²) >= 11 is 0. The highest BCUT2D eigenvalue weighted by molar-refractivity contribution is 5.96. The molecule has 4 nitrogen and oxygen atoms in total. The van der Waals surface area contributed by atoms with E-state index in [9.17, 15) is 4.79 Å². The second-order valence-electron chi connectivity index (χ2n) is 6.44. The van der Waals surface area contributed by atoms with E-state index < -0.39 is 0 Å². The number of nitrogens with zero attached hydrogens (tertiary/aromatic N) is 2. The quantitative estimate of drug-likeness (QED) is 0.947. The van der Waals surface area contributed by atoms with Crippen molar-refractivity contribution >= 4 is 5.91 Å². The van der Waals surface area contributed by atoms with Crippen LogP contribution >= 0.6 is 0 Å². The topological polar surface area (TPSA) is 51.3 Å². The Labute approximate surface area is 137 Å². The van der Waals surface area contributed by atoms with Gasteiger partial charge in [0.1, 0.15) is 0 Å². The largest absolute Gasteiger partial charge is 0.334 e. The van der Waals surface area contributed by atoms with Crippen molar-refractivity contribution in [1.29, 1.82) is 0 Å².